The SMILES string of the molecule is CNc1nccc(-c2c(-c3cccc(NS(=O)(=O)c4c(F)ccc(C)c4F)c3F)nc3cc(OC)ccn23)n1. The molecule has 0 aliphatic rings. The van der Waals surface area contributed by atoms with Crippen LogP contribution in [0.25, 0.3) is 28.3 Å². The van der Waals surface area contributed by atoms with Crippen LogP contribution in [-0.4, -0.2) is 41.9 Å². The van der Waals surface area contributed by atoms with Crippen molar-refractivity contribution in [1.29, 1.82) is 0 Å². The number of halogens is 3. The lowest BCUT2D eigenvalue weighted by Crippen LogP contribution is -2.18. The van der Waals surface area contributed by atoms with Crippen LogP contribution in [0.4, 0.5) is 24.8 Å². The predicted molar refractivity (Wildman–Crippen MR) is 140 cm³/mol. The van der Waals surface area contributed by atoms with E-state index in [1.165, 1.54) is 32.4 Å². The number of sulfonamides is 1. The van der Waals surface area contributed by atoms with E-state index in [-0.39, 0.29) is 16.8 Å². The number of rotatable bonds is 7. The number of imidazole rings is 1. The van der Waals surface area contributed by atoms with Crippen LogP contribution < -0.4 is 14.8 Å². The summed E-state index contributed by atoms with van der Waals surface area (Å²) in [6, 6.07) is 10.8. The Bertz CT molecular complexity index is 1840. The van der Waals surface area contributed by atoms with Gasteiger partial charge in [-0.05, 0) is 42.8 Å². The average Bonchev–Trinajstić information content (AvgIpc) is 3.30. The van der Waals surface area contributed by atoms with Gasteiger partial charge < -0.3 is 10.1 Å². The molecule has 0 saturated heterocycles. The summed E-state index contributed by atoms with van der Waals surface area (Å²) in [6.45, 7) is 1.29. The Morgan fingerprint density at radius 3 is 2.54 bits per heavy atom. The van der Waals surface area contributed by atoms with E-state index in [2.05, 4.69) is 20.3 Å². The fourth-order valence-corrected chi connectivity index (χ4v) is 5.33. The summed E-state index contributed by atoms with van der Waals surface area (Å²) in [7, 11) is -1.69. The van der Waals surface area contributed by atoms with Gasteiger partial charge in [-0.25, -0.2) is 36.5 Å². The van der Waals surface area contributed by atoms with Gasteiger partial charge in [0.25, 0.3) is 10.0 Å². The molecule has 9 nitrogen and oxygen atoms in total. The minimum Gasteiger partial charge on any atom is -0.497 e. The Kier molecular flexibility index (Phi) is 6.60. The normalized spacial score (nSPS) is 11.5. The third-order valence-corrected chi connectivity index (χ3v) is 7.36. The quantitative estimate of drug-likeness (QED) is 0.290. The van der Waals surface area contributed by atoms with Gasteiger partial charge in [-0.15, -0.1) is 0 Å². The standard InChI is InChI=1S/C26H21F3N6O3S/c1-14-7-8-17(27)25(21(14)28)39(36,37)34-18-6-4-5-16(22(18)29)23-24(19-9-11-31-26(30-2)32-19)35-12-10-15(38-3)13-20(35)33-23/h4-13,34H,1-3H3,(H,30,31,32). The number of hydrogen-bond acceptors (Lipinski definition) is 7. The lowest BCUT2D eigenvalue weighted by atomic mass is 10.1. The van der Waals surface area contributed by atoms with Crippen molar-refractivity contribution >= 4 is 27.3 Å². The Morgan fingerprint density at radius 1 is 1.00 bits per heavy atom. The van der Waals surface area contributed by atoms with Crippen molar-refractivity contribution in [3.05, 3.63) is 83.9 Å². The number of anilines is 2. The van der Waals surface area contributed by atoms with E-state index in [1.807, 2.05) is 4.72 Å². The van der Waals surface area contributed by atoms with Gasteiger partial charge in [-0.2, -0.15) is 0 Å². The summed E-state index contributed by atoms with van der Waals surface area (Å²) >= 11 is 0. The molecule has 0 amide bonds. The van der Waals surface area contributed by atoms with Crippen molar-refractivity contribution in [2.24, 2.45) is 0 Å². The highest BCUT2D eigenvalue weighted by molar-refractivity contribution is 7.92. The van der Waals surface area contributed by atoms with Gasteiger partial charge in [0, 0.05) is 31.1 Å². The average molecular weight is 555 g/mol. The second-order valence-corrected chi connectivity index (χ2v) is 10.0. The maximum absolute atomic E-state index is 16.0. The lowest BCUT2D eigenvalue weighted by molar-refractivity contribution is 0.414. The molecule has 39 heavy (non-hydrogen) atoms. The number of methoxy groups -OCH3 is 1. The molecule has 0 aliphatic heterocycles. The molecule has 5 rings (SSSR count). The summed E-state index contributed by atoms with van der Waals surface area (Å²) in [5.74, 6) is -2.75. The van der Waals surface area contributed by atoms with Crippen LogP contribution in [0.3, 0.4) is 0 Å². The van der Waals surface area contributed by atoms with Crippen molar-refractivity contribution in [3.8, 4) is 28.4 Å². The molecule has 0 bridgehead atoms. The van der Waals surface area contributed by atoms with Gasteiger partial charge in [0.15, 0.2) is 10.7 Å². The largest absolute Gasteiger partial charge is 0.497 e. The molecule has 2 N–H and O–H groups in total. The topological polar surface area (TPSA) is 111 Å². The molecule has 0 spiro atoms. The fourth-order valence-electron chi connectivity index (χ4n) is 4.06. The van der Waals surface area contributed by atoms with Crippen LogP contribution in [0.15, 0.2) is 65.8 Å². The van der Waals surface area contributed by atoms with E-state index in [9.17, 15) is 17.2 Å². The monoisotopic (exact) mass is 554 g/mol. The molecule has 0 aliphatic carbocycles. The molecule has 0 saturated carbocycles. The van der Waals surface area contributed by atoms with Crippen LogP contribution in [0.5, 0.6) is 5.75 Å². The van der Waals surface area contributed by atoms with Crippen LogP contribution in [0.2, 0.25) is 0 Å². The number of pyridine rings is 1. The molecular weight excluding hydrogens is 533 g/mol. The maximum Gasteiger partial charge on any atom is 0.267 e. The zero-order valence-electron chi connectivity index (χ0n) is 20.8. The van der Waals surface area contributed by atoms with Gasteiger partial charge in [0.1, 0.15) is 28.7 Å². The second-order valence-electron chi connectivity index (χ2n) is 8.40. The molecule has 3 heterocycles. The van der Waals surface area contributed by atoms with Crippen molar-refractivity contribution < 1.29 is 26.3 Å². The molecule has 0 fully saturated rings. The van der Waals surface area contributed by atoms with Crippen LogP contribution in [0.1, 0.15) is 5.56 Å². The number of ether oxygens (including phenoxy) is 1. The van der Waals surface area contributed by atoms with Crippen molar-refractivity contribution in [2.45, 2.75) is 11.8 Å². The third kappa shape index (κ3) is 4.61. The molecule has 200 valence electrons. The lowest BCUT2D eigenvalue weighted by Gasteiger charge is -2.13. The Balaban J connectivity index is 1.69. The first-order valence-electron chi connectivity index (χ1n) is 11.5. The first-order valence-corrected chi connectivity index (χ1v) is 13.0. The molecule has 0 radical (unpaired) electrons. The van der Waals surface area contributed by atoms with Crippen molar-refractivity contribution in [2.75, 3.05) is 24.2 Å². The number of aromatic nitrogens is 4. The number of nitrogens with one attached hydrogen (secondary N) is 2. The molecular formula is C26H21F3N6O3S. The molecule has 0 unspecified atom stereocenters. The third-order valence-electron chi connectivity index (χ3n) is 5.96. The van der Waals surface area contributed by atoms with Crippen molar-refractivity contribution in [1.82, 2.24) is 19.4 Å². The zero-order valence-corrected chi connectivity index (χ0v) is 21.6. The van der Waals surface area contributed by atoms with Crippen LogP contribution >= 0.6 is 0 Å². The first-order chi connectivity index (χ1) is 18.6. The highest BCUT2D eigenvalue weighted by Crippen LogP contribution is 2.37. The Labute approximate surface area is 221 Å². The smallest absolute Gasteiger partial charge is 0.267 e. The highest BCUT2D eigenvalue weighted by Gasteiger charge is 2.28. The Hall–Kier alpha value is -4.65. The van der Waals surface area contributed by atoms with E-state index in [4.69, 9.17) is 4.74 Å². The predicted octanol–water partition coefficient (Wildman–Crippen LogP) is 5.04. The number of aryl methyl sites for hydroxylation is 1. The van der Waals surface area contributed by atoms with E-state index in [1.54, 1.807) is 35.8 Å². The minimum absolute atomic E-state index is 0.0809. The number of benzene rings is 2. The first kappa shape index (κ1) is 26.0. The van der Waals surface area contributed by atoms with E-state index < -0.39 is 38.1 Å². The summed E-state index contributed by atoms with van der Waals surface area (Å²) < 4.78 is 79.8. The summed E-state index contributed by atoms with van der Waals surface area (Å²) in [5, 5.41) is 2.85. The minimum atomic E-state index is -4.83. The van der Waals surface area contributed by atoms with Crippen molar-refractivity contribution in [3.63, 3.8) is 0 Å². The Morgan fingerprint density at radius 2 is 1.79 bits per heavy atom. The second kappa shape index (κ2) is 9.91. The molecule has 13 heteroatoms. The highest BCUT2D eigenvalue weighted by atomic mass is 32.2. The van der Waals surface area contributed by atoms with Gasteiger partial charge in [-0.1, -0.05) is 12.1 Å². The maximum atomic E-state index is 16.0. The summed E-state index contributed by atoms with van der Waals surface area (Å²) in [6.07, 6.45) is 3.20. The fraction of sp³-hybridized carbons (Fsp3) is 0.115. The molecule has 5 aromatic rings. The van der Waals surface area contributed by atoms with E-state index >= 15 is 4.39 Å². The van der Waals surface area contributed by atoms with E-state index in [0.29, 0.717) is 28.7 Å². The molecule has 3 aromatic heterocycles. The number of hydrogen-bond donors (Lipinski definition) is 2. The molecule has 2 aromatic carbocycles. The van der Waals surface area contributed by atoms with Gasteiger partial charge in [0.05, 0.1) is 24.2 Å². The zero-order chi connectivity index (χ0) is 27.9. The van der Waals surface area contributed by atoms with Crippen LogP contribution in [0, 0.1) is 24.4 Å². The van der Waals surface area contributed by atoms with Gasteiger partial charge in [0.2, 0.25) is 5.95 Å². The summed E-state index contributed by atoms with van der Waals surface area (Å²) in [4.78, 5) is 12.0. The van der Waals surface area contributed by atoms with Crippen LogP contribution in [-0.2, 0) is 10.0 Å². The number of nitrogens with zero attached hydrogens (tertiary/aromatic N) is 4. The summed E-state index contributed by atoms with van der Waals surface area (Å²) in [5.41, 5.74) is 0.641. The van der Waals surface area contributed by atoms with Gasteiger partial charge in [-0.3, -0.25) is 9.12 Å². The van der Waals surface area contributed by atoms with E-state index in [0.717, 1.165) is 18.2 Å². The molecule has 0 atom stereocenters. The number of fused-ring (bicyclic) bond motifs is 1. The van der Waals surface area contributed by atoms with Gasteiger partial charge >= 0.3 is 0 Å².